The molecule has 1 heterocycles. The number of primary amides is 1. The molecule has 0 aliphatic rings. The summed E-state index contributed by atoms with van der Waals surface area (Å²) in [6.07, 6.45) is 3.04. The summed E-state index contributed by atoms with van der Waals surface area (Å²) in [6.45, 7) is 3.66. The maximum atomic E-state index is 11.2. The average Bonchev–Trinajstić information content (AvgIpc) is 2.51. The fraction of sp³-hybridized carbons (Fsp3) is 0.556. The van der Waals surface area contributed by atoms with Crippen molar-refractivity contribution in [3.05, 3.63) is 18.2 Å². The third kappa shape index (κ3) is 1.93. The van der Waals surface area contributed by atoms with Crippen LogP contribution in [0.1, 0.15) is 25.6 Å². The lowest BCUT2D eigenvalue weighted by Gasteiger charge is -2.20. The van der Waals surface area contributed by atoms with Crippen LogP contribution < -0.4 is 5.73 Å². The van der Waals surface area contributed by atoms with Crippen molar-refractivity contribution >= 4 is 5.91 Å². The molecule has 1 rings (SSSR count). The van der Waals surface area contributed by atoms with Crippen molar-refractivity contribution in [3.8, 4) is 0 Å². The van der Waals surface area contributed by atoms with E-state index in [1.165, 1.54) is 12.5 Å². The summed E-state index contributed by atoms with van der Waals surface area (Å²) < 4.78 is 1.62. The van der Waals surface area contributed by atoms with E-state index in [2.05, 4.69) is 4.98 Å². The molecule has 1 aromatic rings. The van der Waals surface area contributed by atoms with Gasteiger partial charge in [-0.05, 0) is 5.92 Å². The van der Waals surface area contributed by atoms with Gasteiger partial charge in [-0.1, -0.05) is 13.8 Å². The quantitative estimate of drug-likeness (QED) is 0.716. The molecule has 0 fully saturated rings. The van der Waals surface area contributed by atoms with Crippen molar-refractivity contribution in [2.24, 2.45) is 11.7 Å². The van der Waals surface area contributed by atoms with E-state index in [4.69, 9.17) is 10.8 Å². The van der Waals surface area contributed by atoms with Gasteiger partial charge in [0, 0.05) is 0 Å². The van der Waals surface area contributed by atoms with Gasteiger partial charge >= 0.3 is 0 Å². The van der Waals surface area contributed by atoms with Gasteiger partial charge in [0.1, 0.15) is 6.04 Å². The molecule has 3 N–H and O–H groups in total. The maximum absolute atomic E-state index is 11.2. The van der Waals surface area contributed by atoms with Gasteiger partial charge in [0.25, 0.3) is 0 Å². The summed E-state index contributed by atoms with van der Waals surface area (Å²) in [5.41, 5.74) is 5.88. The lowest BCUT2D eigenvalue weighted by atomic mass is 10.0. The number of aliphatic hydroxyl groups excluding tert-OH is 1. The first kappa shape index (κ1) is 10.7. The first-order valence-electron chi connectivity index (χ1n) is 4.48. The van der Waals surface area contributed by atoms with Crippen molar-refractivity contribution in [2.45, 2.75) is 26.5 Å². The summed E-state index contributed by atoms with van der Waals surface area (Å²) in [6, 6.07) is -0.445. The van der Waals surface area contributed by atoms with E-state index >= 15 is 0 Å². The Bertz CT molecular complexity index is 320. The van der Waals surface area contributed by atoms with Gasteiger partial charge in [0.15, 0.2) is 0 Å². The Kier molecular flexibility index (Phi) is 3.24. The Morgan fingerprint density at radius 3 is 2.79 bits per heavy atom. The lowest BCUT2D eigenvalue weighted by Crippen LogP contribution is -2.31. The number of carbonyl (C=O) groups is 1. The number of aromatic nitrogens is 2. The van der Waals surface area contributed by atoms with Crippen LogP contribution in [0.4, 0.5) is 0 Å². The second-order valence-electron chi connectivity index (χ2n) is 3.54. The summed E-state index contributed by atoms with van der Waals surface area (Å²) in [5.74, 6) is -0.334. The van der Waals surface area contributed by atoms with Crippen LogP contribution in [-0.2, 0) is 11.4 Å². The van der Waals surface area contributed by atoms with Crippen LogP contribution in [0.15, 0.2) is 12.5 Å². The molecule has 1 amide bonds. The zero-order valence-electron chi connectivity index (χ0n) is 8.34. The zero-order chi connectivity index (χ0) is 10.7. The number of nitrogens with two attached hydrogens (primary N) is 1. The van der Waals surface area contributed by atoms with Crippen LogP contribution in [0.5, 0.6) is 0 Å². The first-order chi connectivity index (χ1) is 6.57. The fourth-order valence-electron chi connectivity index (χ4n) is 1.49. The molecule has 5 nitrogen and oxygen atoms in total. The summed E-state index contributed by atoms with van der Waals surface area (Å²) >= 11 is 0. The Morgan fingerprint density at radius 1 is 1.71 bits per heavy atom. The van der Waals surface area contributed by atoms with E-state index in [-0.39, 0.29) is 12.5 Å². The molecule has 0 aromatic carbocycles. The lowest BCUT2D eigenvalue weighted by molar-refractivity contribution is -0.122. The molecule has 0 aliphatic heterocycles. The van der Waals surface area contributed by atoms with E-state index in [0.717, 1.165) is 0 Å². The molecular weight excluding hydrogens is 182 g/mol. The Hall–Kier alpha value is -1.36. The molecule has 0 spiro atoms. The van der Waals surface area contributed by atoms with Gasteiger partial charge in [-0.3, -0.25) is 4.79 Å². The molecule has 0 radical (unpaired) electrons. The van der Waals surface area contributed by atoms with Crippen molar-refractivity contribution in [1.82, 2.24) is 9.55 Å². The van der Waals surface area contributed by atoms with Crippen LogP contribution >= 0.6 is 0 Å². The number of hydrogen-bond donors (Lipinski definition) is 2. The molecule has 0 saturated heterocycles. The number of aliphatic hydroxyl groups is 1. The van der Waals surface area contributed by atoms with Gasteiger partial charge < -0.3 is 15.4 Å². The monoisotopic (exact) mass is 197 g/mol. The van der Waals surface area contributed by atoms with Crippen LogP contribution in [0.3, 0.4) is 0 Å². The molecule has 78 valence electrons. The van der Waals surface area contributed by atoms with E-state index in [1.807, 2.05) is 13.8 Å². The highest BCUT2D eigenvalue weighted by Gasteiger charge is 2.22. The van der Waals surface area contributed by atoms with Gasteiger partial charge in [0.05, 0.1) is 24.8 Å². The Labute approximate surface area is 82.6 Å². The summed E-state index contributed by atoms with van der Waals surface area (Å²) in [5, 5.41) is 9.01. The van der Waals surface area contributed by atoms with Gasteiger partial charge in [0.2, 0.25) is 5.91 Å². The largest absolute Gasteiger partial charge is 0.390 e. The smallest absolute Gasteiger partial charge is 0.240 e. The third-order valence-corrected chi connectivity index (χ3v) is 2.13. The highest BCUT2D eigenvalue weighted by molar-refractivity contribution is 5.78. The fourth-order valence-corrected chi connectivity index (χ4v) is 1.49. The van der Waals surface area contributed by atoms with E-state index in [1.54, 1.807) is 4.57 Å². The molecule has 5 heteroatoms. The normalized spacial score (nSPS) is 13.1. The molecule has 0 aliphatic carbocycles. The van der Waals surface area contributed by atoms with Crippen LogP contribution in [0.2, 0.25) is 0 Å². The number of rotatable bonds is 4. The van der Waals surface area contributed by atoms with Crippen LogP contribution in [0, 0.1) is 5.92 Å². The molecule has 1 unspecified atom stereocenters. The predicted octanol–water partition coefficient (Wildman–Crippen LogP) is 0.0578. The summed E-state index contributed by atoms with van der Waals surface area (Å²) in [4.78, 5) is 15.1. The van der Waals surface area contributed by atoms with E-state index in [0.29, 0.717) is 5.69 Å². The third-order valence-electron chi connectivity index (χ3n) is 2.13. The molecule has 1 aromatic heterocycles. The minimum absolute atomic E-state index is 0.0759. The average molecular weight is 197 g/mol. The number of hydrogen-bond acceptors (Lipinski definition) is 3. The van der Waals surface area contributed by atoms with E-state index < -0.39 is 11.9 Å². The second-order valence-corrected chi connectivity index (χ2v) is 3.54. The highest BCUT2D eigenvalue weighted by Crippen LogP contribution is 2.19. The van der Waals surface area contributed by atoms with Crippen molar-refractivity contribution in [3.63, 3.8) is 0 Å². The van der Waals surface area contributed by atoms with Crippen molar-refractivity contribution < 1.29 is 9.90 Å². The molecule has 1 atom stereocenters. The number of nitrogens with zero attached hydrogens (tertiary/aromatic N) is 2. The SMILES string of the molecule is CC(C)C(C(N)=O)n1cncc1CO. The number of imidazole rings is 1. The van der Waals surface area contributed by atoms with Crippen molar-refractivity contribution in [2.75, 3.05) is 0 Å². The molecule has 0 saturated carbocycles. The van der Waals surface area contributed by atoms with Crippen LogP contribution in [-0.4, -0.2) is 20.6 Å². The minimum atomic E-state index is -0.445. The maximum Gasteiger partial charge on any atom is 0.240 e. The zero-order valence-corrected chi connectivity index (χ0v) is 8.34. The Balaban J connectivity index is 3.04. The van der Waals surface area contributed by atoms with Crippen LogP contribution in [0.25, 0.3) is 0 Å². The van der Waals surface area contributed by atoms with Gasteiger partial charge in [-0.25, -0.2) is 4.98 Å². The second kappa shape index (κ2) is 4.23. The predicted molar refractivity (Wildman–Crippen MR) is 51.2 cm³/mol. The number of amides is 1. The van der Waals surface area contributed by atoms with E-state index in [9.17, 15) is 4.79 Å². The Morgan fingerprint density at radius 2 is 2.36 bits per heavy atom. The molecule has 14 heavy (non-hydrogen) atoms. The van der Waals surface area contributed by atoms with Gasteiger partial charge in [-0.2, -0.15) is 0 Å². The number of carbonyl (C=O) groups excluding carboxylic acids is 1. The van der Waals surface area contributed by atoms with Crippen molar-refractivity contribution in [1.29, 1.82) is 0 Å². The van der Waals surface area contributed by atoms with Gasteiger partial charge in [-0.15, -0.1) is 0 Å². The summed E-state index contributed by atoms with van der Waals surface area (Å²) in [7, 11) is 0. The topological polar surface area (TPSA) is 81.1 Å². The molecular formula is C9H15N3O2. The highest BCUT2D eigenvalue weighted by atomic mass is 16.3. The molecule has 0 bridgehead atoms. The minimum Gasteiger partial charge on any atom is -0.390 e. The standard InChI is InChI=1S/C9H15N3O2/c1-6(2)8(9(10)14)12-5-11-3-7(12)4-13/h3,5-6,8,13H,4H2,1-2H3,(H2,10,14). The first-order valence-corrected chi connectivity index (χ1v) is 4.48.